The molecule has 1 aromatic carbocycles. The molecule has 3 rings (SSSR count). The maximum absolute atomic E-state index is 5.59. The van der Waals surface area contributed by atoms with E-state index in [9.17, 15) is 0 Å². The molecular weight excluding hydrogens is 252 g/mol. The predicted molar refractivity (Wildman–Crippen MR) is 79.2 cm³/mol. The number of methoxy groups -OCH3 is 2. The van der Waals surface area contributed by atoms with Crippen LogP contribution in [0.25, 0.3) is 21.8 Å². The number of nitrogens with one attached hydrogen (secondary N) is 1. The van der Waals surface area contributed by atoms with E-state index in [2.05, 4.69) is 40.9 Å². The molecule has 4 nitrogen and oxygen atoms in total. The number of hydrogen-bond acceptors (Lipinski definition) is 2. The van der Waals surface area contributed by atoms with Gasteiger partial charge in [-0.3, -0.25) is 0 Å². The Morgan fingerprint density at radius 3 is 2.75 bits per heavy atom. The highest BCUT2D eigenvalue weighted by Gasteiger charge is 2.20. The Kier molecular flexibility index (Phi) is 3.32. The van der Waals surface area contributed by atoms with Crippen molar-refractivity contribution in [3.8, 4) is 5.75 Å². The van der Waals surface area contributed by atoms with Crippen molar-refractivity contribution in [2.24, 2.45) is 0 Å². The van der Waals surface area contributed by atoms with Crippen LogP contribution in [0.5, 0.6) is 5.75 Å². The number of para-hydroxylation sites is 1. The number of aromatic amines is 1. The first kappa shape index (κ1) is 12.9. The van der Waals surface area contributed by atoms with Gasteiger partial charge in [0.2, 0.25) is 11.9 Å². The molecule has 0 aliphatic rings. The van der Waals surface area contributed by atoms with Crippen LogP contribution in [-0.4, -0.2) is 25.8 Å². The first-order valence-electron chi connectivity index (χ1n) is 6.72. The fourth-order valence-corrected chi connectivity index (χ4v) is 2.69. The summed E-state index contributed by atoms with van der Waals surface area (Å²) in [6.07, 6.45) is 2.05. The van der Waals surface area contributed by atoms with Crippen molar-refractivity contribution in [1.29, 1.82) is 0 Å². The van der Waals surface area contributed by atoms with E-state index in [0.717, 1.165) is 28.7 Å². The molecule has 0 atom stereocenters. The van der Waals surface area contributed by atoms with Crippen LogP contribution < -0.4 is 9.30 Å². The van der Waals surface area contributed by atoms with E-state index in [1.807, 2.05) is 6.07 Å². The molecule has 4 heteroatoms. The SMILES string of the molecule is COCC[n+]1cc(OC)c2c([nH]c3ccccc32)c1C. The average Bonchev–Trinajstić information content (AvgIpc) is 2.87. The number of ether oxygens (including phenoxy) is 2. The summed E-state index contributed by atoms with van der Waals surface area (Å²) in [7, 11) is 3.43. The third-order valence-corrected chi connectivity index (χ3v) is 3.77. The van der Waals surface area contributed by atoms with Gasteiger partial charge in [-0.25, -0.2) is 0 Å². The zero-order valence-corrected chi connectivity index (χ0v) is 12.1. The third-order valence-electron chi connectivity index (χ3n) is 3.77. The topological polar surface area (TPSA) is 38.1 Å². The van der Waals surface area contributed by atoms with Crippen LogP contribution in [0.3, 0.4) is 0 Å². The lowest BCUT2D eigenvalue weighted by molar-refractivity contribution is -0.703. The van der Waals surface area contributed by atoms with E-state index in [0.29, 0.717) is 6.61 Å². The van der Waals surface area contributed by atoms with E-state index in [-0.39, 0.29) is 0 Å². The van der Waals surface area contributed by atoms with Crippen molar-refractivity contribution in [2.75, 3.05) is 20.8 Å². The molecule has 0 saturated heterocycles. The van der Waals surface area contributed by atoms with Gasteiger partial charge >= 0.3 is 0 Å². The molecule has 1 N–H and O–H groups in total. The number of pyridine rings is 1. The summed E-state index contributed by atoms with van der Waals surface area (Å²) in [5.74, 6) is 0.888. The fraction of sp³-hybridized carbons (Fsp3) is 0.312. The molecule has 3 aromatic rings. The molecule has 0 aliphatic heterocycles. The summed E-state index contributed by atoms with van der Waals surface area (Å²) in [4.78, 5) is 3.50. The van der Waals surface area contributed by atoms with Gasteiger partial charge in [-0.1, -0.05) is 18.2 Å². The van der Waals surface area contributed by atoms with E-state index < -0.39 is 0 Å². The first-order chi connectivity index (χ1) is 9.76. The Bertz CT molecular complexity index is 762. The van der Waals surface area contributed by atoms with Gasteiger partial charge in [0.1, 0.15) is 12.1 Å². The Balaban J connectivity index is 2.32. The molecule has 0 saturated carbocycles. The van der Waals surface area contributed by atoms with Crippen molar-refractivity contribution < 1.29 is 14.0 Å². The van der Waals surface area contributed by atoms with Crippen LogP contribution in [0, 0.1) is 6.92 Å². The van der Waals surface area contributed by atoms with Gasteiger partial charge in [-0.2, -0.15) is 4.57 Å². The smallest absolute Gasteiger partial charge is 0.212 e. The highest BCUT2D eigenvalue weighted by molar-refractivity contribution is 6.10. The maximum Gasteiger partial charge on any atom is 0.212 e. The molecule has 0 spiro atoms. The highest BCUT2D eigenvalue weighted by atomic mass is 16.5. The zero-order chi connectivity index (χ0) is 14.1. The van der Waals surface area contributed by atoms with E-state index in [1.54, 1.807) is 14.2 Å². The van der Waals surface area contributed by atoms with Gasteiger partial charge < -0.3 is 14.5 Å². The largest absolute Gasteiger partial charge is 0.490 e. The van der Waals surface area contributed by atoms with Crippen LogP contribution in [-0.2, 0) is 11.3 Å². The van der Waals surface area contributed by atoms with E-state index in [4.69, 9.17) is 9.47 Å². The van der Waals surface area contributed by atoms with Crippen LogP contribution in [0.15, 0.2) is 30.5 Å². The third kappa shape index (κ3) is 1.93. The minimum absolute atomic E-state index is 0.681. The molecule has 0 unspecified atom stereocenters. The lowest BCUT2D eigenvalue weighted by Gasteiger charge is -2.06. The van der Waals surface area contributed by atoms with Crippen LogP contribution in [0.2, 0.25) is 0 Å². The summed E-state index contributed by atoms with van der Waals surface area (Å²) < 4.78 is 12.9. The number of H-pyrrole nitrogens is 1. The fourth-order valence-electron chi connectivity index (χ4n) is 2.69. The zero-order valence-electron chi connectivity index (χ0n) is 12.1. The van der Waals surface area contributed by atoms with Gasteiger partial charge in [0, 0.05) is 24.9 Å². The minimum Gasteiger partial charge on any atom is -0.490 e. The number of rotatable bonds is 4. The molecule has 104 valence electrons. The Labute approximate surface area is 117 Å². The molecule has 20 heavy (non-hydrogen) atoms. The standard InChI is InChI=1S/C16H18N2O2/c1-11-16-15(12-6-4-5-7-13(12)17-16)14(20-3)10-18(11)8-9-19-2/h4-7,10H,8-9H2,1-3H3/p+1. The van der Waals surface area contributed by atoms with E-state index in [1.165, 1.54) is 11.1 Å². The van der Waals surface area contributed by atoms with Crippen molar-refractivity contribution in [3.63, 3.8) is 0 Å². The summed E-state index contributed by atoms with van der Waals surface area (Å²) in [6, 6.07) is 8.30. The van der Waals surface area contributed by atoms with Crippen molar-refractivity contribution in [2.45, 2.75) is 13.5 Å². The monoisotopic (exact) mass is 271 g/mol. The van der Waals surface area contributed by atoms with Gasteiger partial charge in [0.15, 0.2) is 12.3 Å². The molecule has 2 heterocycles. The number of aromatic nitrogens is 2. The maximum atomic E-state index is 5.59. The van der Waals surface area contributed by atoms with Crippen molar-refractivity contribution in [1.82, 2.24) is 4.98 Å². The molecule has 0 fully saturated rings. The molecule has 0 radical (unpaired) electrons. The van der Waals surface area contributed by atoms with Crippen LogP contribution in [0.1, 0.15) is 5.69 Å². The van der Waals surface area contributed by atoms with Gasteiger partial charge in [-0.05, 0) is 6.07 Å². The number of nitrogens with zero attached hydrogens (tertiary/aromatic N) is 1. The van der Waals surface area contributed by atoms with Gasteiger partial charge in [-0.15, -0.1) is 0 Å². The average molecular weight is 271 g/mol. The summed E-state index contributed by atoms with van der Waals surface area (Å²) in [5.41, 5.74) is 3.45. The first-order valence-corrected chi connectivity index (χ1v) is 6.72. The van der Waals surface area contributed by atoms with Crippen LogP contribution in [0.4, 0.5) is 0 Å². The normalized spacial score (nSPS) is 11.3. The second kappa shape index (κ2) is 5.13. The minimum atomic E-state index is 0.681. The second-order valence-electron chi connectivity index (χ2n) is 4.89. The lowest BCUT2D eigenvalue weighted by atomic mass is 10.1. The number of benzene rings is 1. The van der Waals surface area contributed by atoms with Gasteiger partial charge in [0.25, 0.3) is 0 Å². The summed E-state index contributed by atoms with van der Waals surface area (Å²) >= 11 is 0. The van der Waals surface area contributed by atoms with Crippen LogP contribution >= 0.6 is 0 Å². The number of hydrogen-bond donors (Lipinski definition) is 1. The molecule has 0 amide bonds. The van der Waals surface area contributed by atoms with Gasteiger partial charge in [0.05, 0.1) is 12.5 Å². The Hall–Kier alpha value is -2.07. The Morgan fingerprint density at radius 1 is 1.20 bits per heavy atom. The molecule has 2 aromatic heterocycles. The number of aryl methyl sites for hydroxylation is 1. The highest BCUT2D eigenvalue weighted by Crippen LogP contribution is 2.32. The second-order valence-corrected chi connectivity index (χ2v) is 4.89. The summed E-state index contributed by atoms with van der Waals surface area (Å²) in [5, 5.41) is 2.34. The molecule has 0 aliphatic carbocycles. The predicted octanol–water partition coefficient (Wildman–Crippen LogP) is 2.57. The Morgan fingerprint density at radius 2 is 2.00 bits per heavy atom. The quantitative estimate of drug-likeness (QED) is 0.741. The summed E-state index contributed by atoms with van der Waals surface area (Å²) in [6.45, 7) is 3.61. The van der Waals surface area contributed by atoms with Crippen molar-refractivity contribution in [3.05, 3.63) is 36.2 Å². The van der Waals surface area contributed by atoms with E-state index >= 15 is 0 Å². The van der Waals surface area contributed by atoms with Crippen molar-refractivity contribution >= 4 is 21.8 Å². The lowest BCUT2D eigenvalue weighted by Crippen LogP contribution is -2.39. The molecular formula is C16H19N2O2+. The number of fused-ring (bicyclic) bond motifs is 3. The molecule has 0 bridgehead atoms.